The normalized spacial score (nSPS) is 12.3. The van der Waals surface area contributed by atoms with E-state index in [1.54, 1.807) is 25.3 Å². The van der Waals surface area contributed by atoms with Gasteiger partial charge in [-0.25, -0.2) is 0 Å². The zero-order chi connectivity index (χ0) is 16.8. The number of hydrogen-bond acceptors (Lipinski definition) is 6. The number of nitrogens with zero attached hydrogens (tertiary/aromatic N) is 1. The summed E-state index contributed by atoms with van der Waals surface area (Å²) in [6, 6.07) is 9.27. The summed E-state index contributed by atoms with van der Waals surface area (Å²) in [6.45, 7) is 0.102. The predicted molar refractivity (Wildman–Crippen MR) is 86.7 cm³/mol. The van der Waals surface area contributed by atoms with Crippen molar-refractivity contribution in [2.75, 3.05) is 20.8 Å². The first kappa shape index (κ1) is 16.6. The lowest BCUT2D eigenvalue weighted by Gasteiger charge is -2.12. The second-order valence-corrected chi connectivity index (χ2v) is 4.87. The molecule has 0 amide bonds. The van der Waals surface area contributed by atoms with Crippen LogP contribution in [0.1, 0.15) is 17.2 Å². The average molecular weight is 317 g/mol. The number of hydrogen-bond donors (Lipinski definition) is 3. The molecule has 0 aromatic heterocycles. The standard InChI is InChI=1S/C17H19NO5/c1-22-16-6-3-11(8-17(16)23-2)15(21)10-18-9-12-7-13(19)4-5-14(12)20/h3-9,15,19-21H,10H2,1-2H3. The van der Waals surface area contributed by atoms with Gasteiger partial charge in [0.15, 0.2) is 11.5 Å². The van der Waals surface area contributed by atoms with Crippen LogP contribution in [0, 0.1) is 0 Å². The van der Waals surface area contributed by atoms with Crippen molar-refractivity contribution in [1.82, 2.24) is 0 Å². The summed E-state index contributed by atoms with van der Waals surface area (Å²) in [5.74, 6) is 1.15. The van der Waals surface area contributed by atoms with Crippen LogP contribution in [0.3, 0.4) is 0 Å². The Morgan fingerprint density at radius 1 is 1.04 bits per heavy atom. The van der Waals surface area contributed by atoms with Gasteiger partial charge in [0.2, 0.25) is 0 Å². The fourth-order valence-electron chi connectivity index (χ4n) is 2.06. The Morgan fingerprint density at radius 2 is 1.78 bits per heavy atom. The Kier molecular flexibility index (Phi) is 5.43. The molecule has 2 rings (SSSR count). The fraction of sp³-hybridized carbons (Fsp3) is 0.235. The minimum Gasteiger partial charge on any atom is -0.508 e. The highest BCUT2D eigenvalue weighted by atomic mass is 16.5. The first-order valence-corrected chi connectivity index (χ1v) is 6.97. The number of rotatable bonds is 6. The number of phenols is 2. The van der Waals surface area contributed by atoms with Crippen molar-refractivity contribution in [3.8, 4) is 23.0 Å². The quantitative estimate of drug-likeness (QED) is 0.561. The predicted octanol–water partition coefficient (Wildman–Crippen LogP) is 2.27. The van der Waals surface area contributed by atoms with Gasteiger partial charge in [0.1, 0.15) is 11.5 Å². The van der Waals surface area contributed by atoms with Crippen molar-refractivity contribution in [1.29, 1.82) is 0 Å². The van der Waals surface area contributed by atoms with Gasteiger partial charge in [-0.05, 0) is 35.9 Å². The molecule has 0 spiro atoms. The molecule has 0 fully saturated rings. The van der Waals surface area contributed by atoms with Gasteiger partial charge in [0.05, 0.1) is 26.9 Å². The Balaban J connectivity index is 2.08. The number of ether oxygens (including phenoxy) is 2. The Bertz CT molecular complexity index is 699. The van der Waals surface area contributed by atoms with Crippen molar-refractivity contribution in [3.05, 3.63) is 47.5 Å². The van der Waals surface area contributed by atoms with Crippen LogP contribution in [0.25, 0.3) is 0 Å². The van der Waals surface area contributed by atoms with Gasteiger partial charge in [-0.2, -0.15) is 0 Å². The molecule has 0 saturated carbocycles. The van der Waals surface area contributed by atoms with E-state index in [1.165, 1.54) is 31.5 Å². The van der Waals surface area contributed by atoms with Crippen LogP contribution < -0.4 is 9.47 Å². The van der Waals surface area contributed by atoms with E-state index < -0.39 is 6.10 Å². The minimum atomic E-state index is -0.828. The van der Waals surface area contributed by atoms with Gasteiger partial charge in [0, 0.05) is 11.8 Å². The van der Waals surface area contributed by atoms with Crippen LogP contribution in [-0.2, 0) is 0 Å². The summed E-state index contributed by atoms with van der Waals surface area (Å²) in [6.07, 6.45) is 0.574. The Hall–Kier alpha value is -2.73. The molecule has 3 N–H and O–H groups in total. The fourth-order valence-corrected chi connectivity index (χ4v) is 2.06. The molecule has 1 unspecified atom stereocenters. The molecule has 0 bridgehead atoms. The monoisotopic (exact) mass is 317 g/mol. The molecular formula is C17H19NO5. The molecule has 122 valence electrons. The number of aliphatic imine (C=N–C) groups is 1. The summed E-state index contributed by atoms with van der Waals surface area (Å²) < 4.78 is 10.3. The highest BCUT2D eigenvalue weighted by Crippen LogP contribution is 2.30. The van der Waals surface area contributed by atoms with E-state index in [4.69, 9.17) is 9.47 Å². The lowest BCUT2D eigenvalue weighted by Crippen LogP contribution is -2.03. The molecule has 6 heteroatoms. The molecule has 1 atom stereocenters. The van der Waals surface area contributed by atoms with Crippen molar-refractivity contribution in [2.45, 2.75) is 6.10 Å². The highest BCUT2D eigenvalue weighted by Gasteiger charge is 2.11. The summed E-state index contributed by atoms with van der Waals surface area (Å²) in [4.78, 5) is 4.10. The summed E-state index contributed by atoms with van der Waals surface area (Å²) >= 11 is 0. The number of aliphatic hydroxyl groups excluding tert-OH is 1. The van der Waals surface area contributed by atoms with Crippen LogP contribution >= 0.6 is 0 Å². The molecule has 2 aromatic rings. The van der Waals surface area contributed by atoms with Gasteiger partial charge >= 0.3 is 0 Å². The second-order valence-electron chi connectivity index (χ2n) is 4.87. The maximum atomic E-state index is 10.2. The van der Waals surface area contributed by atoms with E-state index in [2.05, 4.69) is 4.99 Å². The van der Waals surface area contributed by atoms with E-state index in [9.17, 15) is 15.3 Å². The van der Waals surface area contributed by atoms with Crippen LogP contribution in [0.4, 0.5) is 0 Å². The summed E-state index contributed by atoms with van der Waals surface area (Å²) in [5, 5.41) is 29.2. The number of methoxy groups -OCH3 is 2. The first-order valence-electron chi connectivity index (χ1n) is 6.97. The molecule has 0 aliphatic heterocycles. The number of benzene rings is 2. The average Bonchev–Trinajstić information content (AvgIpc) is 2.57. The first-order chi connectivity index (χ1) is 11.0. The zero-order valence-corrected chi connectivity index (χ0v) is 12.9. The van der Waals surface area contributed by atoms with Gasteiger partial charge in [-0.3, -0.25) is 4.99 Å². The number of aliphatic hydroxyl groups is 1. The molecule has 0 aliphatic carbocycles. The van der Waals surface area contributed by atoms with E-state index in [1.807, 2.05) is 0 Å². The zero-order valence-electron chi connectivity index (χ0n) is 12.9. The third kappa shape index (κ3) is 4.14. The van der Waals surface area contributed by atoms with Crippen LogP contribution in [0.5, 0.6) is 23.0 Å². The SMILES string of the molecule is COc1ccc(C(O)CN=Cc2cc(O)ccc2O)cc1OC. The van der Waals surface area contributed by atoms with Crippen molar-refractivity contribution < 1.29 is 24.8 Å². The van der Waals surface area contributed by atoms with Crippen LogP contribution in [0.15, 0.2) is 41.4 Å². The molecule has 0 radical (unpaired) electrons. The molecule has 0 heterocycles. The summed E-state index contributed by atoms with van der Waals surface area (Å²) in [7, 11) is 3.07. The lowest BCUT2D eigenvalue weighted by atomic mass is 10.1. The lowest BCUT2D eigenvalue weighted by molar-refractivity contribution is 0.187. The molecule has 0 aliphatic rings. The largest absolute Gasteiger partial charge is 0.508 e. The van der Waals surface area contributed by atoms with Gasteiger partial charge in [-0.1, -0.05) is 6.07 Å². The van der Waals surface area contributed by atoms with Gasteiger partial charge in [0.25, 0.3) is 0 Å². The highest BCUT2D eigenvalue weighted by molar-refractivity contribution is 5.84. The second kappa shape index (κ2) is 7.51. The smallest absolute Gasteiger partial charge is 0.161 e. The van der Waals surface area contributed by atoms with Crippen molar-refractivity contribution in [2.24, 2.45) is 4.99 Å². The topological polar surface area (TPSA) is 91.5 Å². The third-order valence-corrected chi connectivity index (χ3v) is 3.31. The minimum absolute atomic E-state index is 0.00663. The number of aromatic hydroxyl groups is 2. The Morgan fingerprint density at radius 3 is 2.48 bits per heavy atom. The Labute approximate surface area is 134 Å². The van der Waals surface area contributed by atoms with Gasteiger partial charge in [-0.15, -0.1) is 0 Å². The van der Waals surface area contributed by atoms with Crippen LogP contribution in [-0.4, -0.2) is 42.3 Å². The van der Waals surface area contributed by atoms with Crippen LogP contribution in [0.2, 0.25) is 0 Å². The van der Waals surface area contributed by atoms with Gasteiger partial charge < -0.3 is 24.8 Å². The van der Waals surface area contributed by atoms with E-state index in [0.717, 1.165) is 0 Å². The molecule has 0 saturated heterocycles. The molecule has 6 nitrogen and oxygen atoms in total. The molecular weight excluding hydrogens is 298 g/mol. The maximum absolute atomic E-state index is 10.2. The number of phenolic OH excluding ortho intramolecular Hbond substituents is 2. The third-order valence-electron chi connectivity index (χ3n) is 3.31. The molecule has 23 heavy (non-hydrogen) atoms. The summed E-state index contributed by atoms with van der Waals surface area (Å²) in [5.41, 5.74) is 1.02. The van der Waals surface area contributed by atoms with E-state index in [-0.39, 0.29) is 18.0 Å². The van der Waals surface area contributed by atoms with Crippen molar-refractivity contribution >= 4 is 6.21 Å². The maximum Gasteiger partial charge on any atom is 0.161 e. The molecule has 2 aromatic carbocycles. The van der Waals surface area contributed by atoms with Crippen molar-refractivity contribution in [3.63, 3.8) is 0 Å². The van der Waals surface area contributed by atoms with E-state index in [0.29, 0.717) is 22.6 Å². The van der Waals surface area contributed by atoms with E-state index >= 15 is 0 Å².